The highest BCUT2D eigenvalue weighted by molar-refractivity contribution is 5.87. The maximum Gasteiger partial charge on any atom is 0.127 e. The molecule has 0 aliphatic carbocycles. The zero-order valence-electron chi connectivity index (χ0n) is 18.2. The number of aliphatic hydroxyl groups is 1. The minimum Gasteiger partial charge on any atom is -0.497 e. The molecule has 6 heteroatoms. The molecule has 2 N–H and O–H groups in total. The minimum atomic E-state index is -0.196. The number of fused-ring (bicyclic) bond motifs is 4. The summed E-state index contributed by atoms with van der Waals surface area (Å²) in [6, 6.07) is 13.0. The van der Waals surface area contributed by atoms with Crippen LogP contribution in [0.1, 0.15) is 35.7 Å². The lowest BCUT2D eigenvalue weighted by Crippen LogP contribution is -2.53. The number of aliphatic hydroxyl groups excluding tert-OH is 1. The maximum absolute atomic E-state index is 14.5. The van der Waals surface area contributed by atoms with Crippen LogP contribution in [0.2, 0.25) is 0 Å². The second-order valence-corrected chi connectivity index (χ2v) is 9.10. The number of hydrogen-bond acceptors (Lipinski definition) is 4. The fourth-order valence-electron chi connectivity index (χ4n) is 5.58. The third-order valence-corrected chi connectivity index (χ3v) is 7.29. The largest absolute Gasteiger partial charge is 0.497 e. The summed E-state index contributed by atoms with van der Waals surface area (Å²) in [6.45, 7) is 3.33. The van der Waals surface area contributed by atoms with Crippen molar-refractivity contribution in [2.45, 2.75) is 30.8 Å². The normalized spacial score (nSPS) is 21.5. The van der Waals surface area contributed by atoms with Crippen molar-refractivity contribution in [1.29, 1.82) is 0 Å². The summed E-state index contributed by atoms with van der Waals surface area (Å²) in [5, 5.41) is 11.6. The lowest BCUT2D eigenvalue weighted by Gasteiger charge is -2.50. The molecule has 1 atom stereocenters. The average Bonchev–Trinajstić information content (AvgIpc) is 3.17. The maximum atomic E-state index is 14.5. The number of hydrogen-bond donors (Lipinski definition) is 2. The Morgan fingerprint density at radius 3 is 2.68 bits per heavy atom. The first-order chi connectivity index (χ1) is 15.0. The van der Waals surface area contributed by atoms with E-state index >= 15 is 0 Å². The highest BCUT2D eigenvalue weighted by Gasteiger charge is 2.47. The lowest BCUT2D eigenvalue weighted by atomic mass is 9.68. The van der Waals surface area contributed by atoms with Gasteiger partial charge in [0, 0.05) is 46.7 Å². The van der Waals surface area contributed by atoms with Crippen LogP contribution in [0, 0.1) is 5.82 Å². The summed E-state index contributed by atoms with van der Waals surface area (Å²) in [5.41, 5.74) is 4.09. The van der Waals surface area contributed by atoms with Gasteiger partial charge in [0.1, 0.15) is 11.6 Å². The number of nitrogens with zero attached hydrogens (tertiary/aromatic N) is 2. The molecule has 2 aromatic carbocycles. The van der Waals surface area contributed by atoms with E-state index in [1.807, 2.05) is 24.3 Å². The van der Waals surface area contributed by atoms with Crippen LogP contribution in [0.15, 0.2) is 42.5 Å². The number of ether oxygens (including phenoxy) is 1. The van der Waals surface area contributed by atoms with E-state index in [2.05, 4.69) is 27.9 Å². The van der Waals surface area contributed by atoms with Crippen molar-refractivity contribution < 1.29 is 14.2 Å². The second-order valence-electron chi connectivity index (χ2n) is 9.10. The van der Waals surface area contributed by atoms with Crippen molar-refractivity contribution in [3.8, 4) is 5.75 Å². The first kappa shape index (κ1) is 20.5. The Bertz CT molecular complexity index is 1090. The molecule has 0 saturated carbocycles. The van der Waals surface area contributed by atoms with Crippen LogP contribution in [0.3, 0.4) is 0 Å². The van der Waals surface area contributed by atoms with Crippen molar-refractivity contribution in [3.63, 3.8) is 0 Å². The molecule has 3 aromatic rings. The third kappa shape index (κ3) is 3.43. The zero-order chi connectivity index (χ0) is 21.6. The Labute approximate surface area is 182 Å². The Hall–Kier alpha value is -2.41. The van der Waals surface area contributed by atoms with Gasteiger partial charge in [0.2, 0.25) is 0 Å². The lowest BCUT2D eigenvalue weighted by molar-refractivity contribution is 0.0468. The van der Waals surface area contributed by atoms with Crippen LogP contribution in [-0.4, -0.2) is 60.3 Å². The molecule has 31 heavy (non-hydrogen) atoms. The predicted molar refractivity (Wildman–Crippen MR) is 120 cm³/mol. The third-order valence-electron chi connectivity index (χ3n) is 7.29. The van der Waals surface area contributed by atoms with Gasteiger partial charge in [-0.2, -0.15) is 0 Å². The standard InChI is InChI=1S/C25H30FN3O2/c1-28-11-9-25(10-12-28)16-29(14-17-5-3-4-6-20(17)26)22(15-30)24-23(25)19-8-7-18(31-2)13-21(19)27-24/h3-8,13,22,27,30H,9-12,14-16H2,1-2H3/t22-/m0/s1. The molecule has 0 bridgehead atoms. The molecule has 164 valence electrons. The summed E-state index contributed by atoms with van der Waals surface area (Å²) in [7, 11) is 3.85. The summed E-state index contributed by atoms with van der Waals surface area (Å²) >= 11 is 0. The zero-order valence-corrected chi connectivity index (χ0v) is 18.2. The van der Waals surface area contributed by atoms with Crippen LogP contribution in [-0.2, 0) is 12.0 Å². The van der Waals surface area contributed by atoms with Crippen LogP contribution in [0.25, 0.3) is 10.9 Å². The van der Waals surface area contributed by atoms with Gasteiger partial charge in [0.05, 0.1) is 19.8 Å². The predicted octanol–water partition coefficient (Wildman–Crippen LogP) is 3.83. The number of rotatable bonds is 4. The van der Waals surface area contributed by atoms with Gasteiger partial charge in [-0.1, -0.05) is 18.2 Å². The molecule has 1 spiro atoms. The molecular formula is C25H30FN3O2. The second kappa shape index (κ2) is 7.93. The Morgan fingerprint density at radius 2 is 1.97 bits per heavy atom. The number of benzene rings is 2. The van der Waals surface area contributed by atoms with Crippen molar-refractivity contribution in [2.75, 3.05) is 40.4 Å². The van der Waals surface area contributed by atoms with Crippen molar-refractivity contribution in [3.05, 3.63) is 65.1 Å². The fraction of sp³-hybridized carbons (Fsp3) is 0.440. The summed E-state index contributed by atoms with van der Waals surface area (Å²) in [6.07, 6.45) is 2.09. The van der Waals surface area contributed by atoms with Gasteiger partial charge >= 0.3 is 0 Å². The smallest absolute Gasteiger partial charge is 0.127 e. The van der Waals surface area contributed by atoms with E-state index < -0.39 is 0 Å². The first-order valence-corrected chi connectivity index (χ1v) is 11.0. The molecule has 0 amide bonds. The van der Waals surface area contributed by atoms with Gasteiger partial charge in [-0.3, -0.25) is 4.90 Å². The number of aromatic nitrogens is 1. The Kier molecular flexibility index (Phi) is 5.24. The van der Waals surface area contributed by atoms with Gasteiger partial charge in [0.25, 0.3) is 0 Å². The number of H-pyrrole nitrogens is 1. The molecule has 1 aromatic heterocycles. The fourth-order valence-corrected chi connectivity index (χ4v) is 5.58. The Balaban J connectivity index is 1.64. The van der Waals surface area contributed by atoms with Crippen LogP contribution >= 0.6 is 0 Å². The summed E-state index contributed by atoms with van der Waals surface area (Å²) < 4.78 is 19.9. The number of likely N-dealkylation sites (tertiary alicyclic amines) is 1. The molecule has 1 fully saturated rings. The van der Waals surface area contributed by atoms with Crippen LogP contribution in [0.4, 0.5) is 4.39 Å². The van der Waals surface area contributed by atoms with Crippen molar-refractivity contribution in [2.24, 2.45) is 0 Å². The summed E-state index contributed by atoms with van der Waals surface area (Å²) in [5.74, 6) is 0.621. The quantitative estimate of drug-likeness (QED) is 0.670. The molecule has 2 aliphatic heterocycles. The van der Waals surface area contributed by atoms with Crippen LogP contribution in [0.5, 0.6) is 5.75 Å². The van der Waals surface area contributed by atoms with E-state index in [0.717, 1.165) is 49.4 Å². The van der Waals surface area contributed by atoms with Gasteiger partial charge in [-0.15, -0.1) is 0 Å². The van der Waals surface area contributed by atoms with E-state index in [-0.39, 0.29) is 23.9 Å². The molecule has 1 saturated heterocycles. The minimum absolute atomic E-state index is 0.0125. The molecule has 5 nitrogen and oxygen atoms in total. The van der Waals surface area contributed by atoms with Gasteiger partial charge in [0.15, 0.2) is 0 Å². The van der Waals surface area contributed by atoms with Crippen molar-refractivity contribution >= 4 is 10.9 Å². The molecule has 2 aliphatic rings. The molecule has 3 heterocycles. The highest BCUT2D eigenvalue weighted by Crippen LogP contribution is 2.49. The van der Waals surface area contributed by atoms with E-state index in [1.54, 1.807) is 13.2 Å². The number of piperidine rings is 1. The number of methoxy groups -OCH3 is 1. The molecular weight excluding hydrogens is 393 g/mol. The number of halogens is 1. The first-order valence-electron chi connectivity index (χ1n) is 11.0. The van der Waals surface area contributed by atoms with Crippen LogP contribution < -0.4 is 4.74 Å². The van der Waals surface area contributed by atoms with Gasteiger partial charge in [-0.25, -0.2) is 4.39 Å². The van der Waals surface area contributed by atoms with Gasteiger partial charge < -0.3 is 19.7 Å². The summed E-state index contributed by atoms with van der Waals surface area (Å²) in [4.78, 5) is 8.26. The van der Waals surface area contributed by atoms with Gasteiger partial charge in [-0.05, 0) is 56.7 Å². The van der Waals surface area contributed by atoms with E-state index in [1.165, 1.54) is 17.0 Å². The molecule has 5 rings (SSSR count). The number of nitrogens with one attached hydrogen (secondary N) is 1. The monoisotopic (exact) mass is 423 g/mol. The Morgan fingerprint density at radius 1 is 1.19 bits per heavy atom. The van der Waals surface area contributed by atoms with E-state index in [4.69, 9.17) is 4.74 Å². The van der Waals surface area contributed by atoms with E-state index in [0.29, 0.717) is 12.1 Å². The average molecular weight is 424 g/mol. The molecule has 0 unspecified atom stereocenters. The topological polar surface area (TPSA) is 51.7 Å². The SMILES string of the molecule is COc1ccc2c3c([nH]c2c1)[C@H](CO)N(Cc1ccccc1F)CC31CCN(C)CC1. The molecule has 0 radical (unpaired) electrons. The van der Waals surface area contributed by atoms with Crippen molar-refractivity contribution in [1.82, 2.24) is 14.8 Å². The van der Waals surface area contributed by atoms with E-state index in [9.17, 15) is 9.50 Å². The number of aromatic amines is 1. The highest BCUT2D eigenvalue weighted by atomic mass is 19.1.